The summed E-state index contributed by atoms with van der Waals surface area (Å²) in [5.41, 5.74) is 2.83. The zero-order chi connectivity index (χ0) is 47.1. The van der Waals surface area contributed by atoms with Crippen molar-refractivity contribution < 1.29 is 0 Å². The van der Waals surface area contributed by atoms with E-state index in [0.29, 0.717) is 10.8 Å². The minimum atomic E-state index is 0.542. The average Bonchev–Trinajstić information content (AvgIpc) is 3.99. The molecule has 0 nitrogen and oxygen atoms in total. The molecule has 0 spiro atoms. The summed E-state index contributed by atoms with van der Waals surface area (Å²) in [7, 11) is 0. The van der Waals surface area contributed by atoms with E-state index in [-0.39, 0.29) is 0 Å². The van der Waals surface area contributed by atoms with Crippen molar-refractivity contribution in [1.29, 1.82) is 0 Å². The van der Waals surface area contributed by atoms with Crippen LogP contribution in [0.15, 0.2) is 0 Å². The molecule has 364 valence electrons. The molecule has 0 aromatic rings. The van der Waals surface area contributed by atoms with Crippen LogP contribution in [-0.2, 0) is 0 Å². The molecule has 60 heavy (non-hydrogen) atoms. The third kappa shape index (κ3) is 37.4. The predicted octanol–water partition coefficient (Wildman–Crippen LogP) is 21.6. The zero-order valence-corrected chi connectivity index (χ0v) is 47.1. The fraction of sp³-hybridized carbons (Fsp3) is 1.00. The second-order valence-electron chi connectivity index (χ2n) is 25.4. The van der Waals surface area contributed by atoms with Gasteiger partial charge in [0.25, 0.3) is 0 Å². The molecule has 0 aromatic carbocycles. The first-order valence-corrected chi connectivity index (χ1v) is 27.7. The second-order valence-corrected chi connectivity index (χ2v) is 25.4. The number of rotatable bonds is 9. The Morgan fingerprint density at radius 2 is 0.850 bits per heavy atom. The molecular formula is C60H124. The van der Waals surface area contributed by atoms with Crippen LogP contribution in [0.2, 0.25) is 0 Å². The molecule has 0 aliphatic heterocycles. The summed E-state index contributed by atoms with van der Waals surface area (Å²) >= 11 is 0. The van der Waals surface area contributed by atoms with Crippen molar-refractivity contribution in [1.82, 2.24) is 0 Å². The van der Waals surface area contributed by atoms with E-state index in [1.165, 1.54) is 128 Å². The maximum atomic E-state index is 2.35. The number of hydrogen-bond donors (Lipinski definition) is 0. The van der Waals surface area contributed by atoms with Crippen LogP contribution in [-0.4, -0.2) is 0 Å². The van der Waals surface area contributed by atoms with Crippen LogP contribution in [0.5, 0.6) is 0 Å². The monoisotopic (exact) mass is 845 g/mol. The molecule has 8 saturated carbocycles. The topological polar surface area (TPSA) is 0 Å². The molecule has 0 aromatic heterocycles. The Morgan fingerprint density at radius 1 is 0.550 bits per heavy atom. The third-order valence-corrected chi connectivity index (χ3v) is 17.3. The van der Waals surface area contributed by atoms with Crippen molar-refractivity contribution in [3.8, 4) is 0 Å². The molecule has 8 aliphatic rings. The molecule has 3 unspecified atom stereocenters. The normalized spacial score (nSPS) is 30.1. The van der Waals surface area contributed by atoms with Gasteiger partial charge in [0.1, 0.15) is 0 Å². The highest BCUT2D eigenvalue weighted by atomic mass is 14.5. The van der Waals surface area contributed by atoms with Gasteiger partial charge in [0.05, 0.1) is 0 Å². The molecular weight excluding hydrogens is 721 g/mol. The summed E-state index contributed by atoms with van der Waals surface area (Å²) in [6.45, 7) is 54.9. The van der Waals surface area contributed by atoms with Gasteiger partial charge in [-0.05, 0) is 150 Å². The standard InChI is InChI=1S/8C6H12.2C6H14/c1-5-4-6(5,2)3;1-5(2)6-3-4-6;1-4-5(2)6(4)3;2*1-3-6(2)4-5-6;2*1-3-6-4-5(6)2;1-2-3-6-4-5-6;1-5-6(2,3)4;1-4-6(3)5-2/h5H,4H2,1-3H3;5-6H,3-4H2,1-2H3;4-6H,1-3H3;2*3-5H2,1-2H3;2*5-6H,3-4H2,1-2H3;6H,2-5H2,1H3;5H2,1-4H3;6H,4-5H2,1-3H3/t5-;;;;;5-,6?;;;;/m0....0..../s1. The van der Waals surface area contributed by atoms with Gasteiger partial charge in [0.15, 0.2) is 0 Å². The van der Waals surface area contributed by atoms with Gasteiger partial charge in [-0.1, -0.05) is 237 Å². The Kier molecular flexibility index (Phi) is 32.1. The van der Waals surface area contributed by atoms with E-state index in [2.05, 4.69) is 166 Å². The Hall–Kier alpha value is 0. The van der Waals surface area contributed by atoms with Crippen molar-refractivity contribution in [2.24, 2.45) is 92.7 Å². The third-order valence-electron chi connectivity index (χ3n) is 17.3. The summed E-state index contributed by atoms with van der Waals surface area (Å²) in [6.07, 6.45) is 28.8. The van der Waals surface area contributed by atoms with Crippen LogP contribution in [0.4, 0.5) is 0 Å². The molecule has 0 radical (unpaired) electrons. The van der Waals surface area contributed by atoms with E-state index >= 15 is 0 Å². The molecule has 5 atom stereocenters. The molecule has 8 rings (SSSR count). The lowest BCUT2D eigenvalue weighted by Crippen LogP contribution is -2.00. The largest absolute Gasteiger partial charge is 0.0654 e. The molecule has 0 saturated heterocycles. The highest BCUT2D eigenvalue weighted by Crippen LogP contribution is 2.51. The SMILES string of the molecule is CC(C)C1CC1.CC1C(C)C1C.CCC(C)(C)C.CCC(C)CC.CCC1(C)CC1.CCC1(C)CC1.CCC1CC1C.CCC1C[C@@H]1C.CCCC1CC1.C[C@H]1CC1(C)C. The van der Waals surface area contributed by atoms with E-state index < -0.39 is 0 Å². The Labute approximate surface area is 385 Å². The van der Waals surface area contributed by atoms with Gasteiger partial charge in [-0.25, -0.2) is 0 Å². The summed E-state index contributed by atoms with van der Waals surface area (Å²) in [4.78, 5) is 0. The van der Waals surface area contributed by atoms with Crippen molar-refractivity contribution in [2.75, 3.05) is 0 Å². The van der Waals surface area contributed by atoms with Gasteiger partial charge in [-0.15, -0.1) is 0 Å². The zero-order valence-electron chi connectivity index (χ0n) is 47.1. The maximum absolute atomic E-state index is 2.35. The minimum absolute atomic E-state index is 0.542. The highest BCUT2D eigenvalue weighted by molar-refractivity contribution is 4.91. The lowest BCUT2D eigenvalue weighted by molar-refractivity contribution is 0.398. The molecule has 0 heteroatoms. The quantitative estimate of drug-likeness (QED) is 0.217. The van der Waals surface area contributed by atoms with E-state index in [0.717, 1.165) is 81.8 Å². The van der Waals surface area contributed by atoms with Crippen LogP contribution in [0.1, 0.15) is 295 Å². The first-order valence-electron chi connectivity index (χ1n) is 27.7. The molecule has 0 N–H and O–H groups in total. The van der Waals surface area contributed by atoms with Crippen LogP contribution in [0.25, 0.3) is 0 Å². The van der Waals surface area contributed by atoms with E-state index in [1.54, 1.807) is 0 Å². The summed E-state index contributed by atoms with van der Waals surface area (Å²) in [5.74, 6) is 12.5. The van der Waals surface area contributed by atoms with Crippen LogP contribution in [0, 0.1) is 92.7 Å². The molecule has 0 amide bonds. The lowest BCUT2D eigenvalue weighted by atomic mass is 9.94. The van der Waals surface area contributed by atoms with Gasteiger partial charge in [-0.3, -0.25) is 0 Å². The first-order chi connectivity index (χ1) is 27.7. The van der Waals surface area contributed by atoms with E-state index in [9.17, 15) is 0 Å². The van der Waals surface area contributed by atoms with Crippen LogP contribution < -0.4 is 0 Å². The summed E-state index contributed by atoms with van der Waals surface area (Å²) in [6, 6.07) is 0. The fourth-order valence-corrected chi connectivity index (χ4v) is 6.58. The molecule has 8 aliphatic carbocycles. The minimum Gasteiger partial charge on any atom is -0.0654 e. The van der Waals surface area contributed by atoms with Gasteiger partial charge in [0, 0.05) is 0 Å². The average molecular weight is 846 g/mol. The Bertz CT molecular complexity index is 884. The molecule has 8 fully saturated rings. The predicted molar refractivity (Wildman–Crippen MR) is 280 cm³/mol. The molecule has 0 heterocycles. The maximum Gasteiger partial charge on any atom is -0.0326 e. The van der Waals surface area contributed by atoms with Crippen molar-refractivity contribution >= 4 is 0 Å². The van der Waals surface area contributed by atoms with E-state index in [1.807, 2.05) is 0 Å². The number of hydrogen-bond acceptors (Lipinski definition) is 0. The van der Waals surface area contributed by atoms with Gasteiger partial charge < -0.3 is 0 Å². The highest BCUT2D eigenvalue weighted by Gasteiger charge is 2.41. The van der Waals surface area contributed by atoms with Crippen LogP contribution in [0.3, 0.4) is 0 Å². The van der Waals surface area contributed by atoms with Crippen molar-refractivity contribution in [3.05, 3.63) is 0 Å². The summed E-state index contributed by atoms with van der Waals surface area (Å²) < 4.78 is 0. The Morgan fingerprint density at radius 3 is 0.867 bits per heavy atom. The lowest BCUT2D eigenvalue weighted by Gasteiger charge is -2.12. The van der Waals surface area contributed by atoms with Crippen LogP contribution >= 0.6 is 0 Å². The van der Waals surface area contributed by atoms with Gasteiger partial charge in [0.2, 0.25) is 0 Å². The smallest absolute Gasteiger partial charge is 0.0326 e. The Balaban J connectivity index is 0. The fourth-order valence-electron chi connectivity index (χ4n) is 6.58. The van der Waals surface area contributed by atoms with Crippen molar-refractivity contribution in [2.45, 2.75) is 295 Å². The van der Waals surface area contributed by atoms with Crippen molar-refractivity contribution in [3.63, 3.8) is 0 Å². The second kappa shape index (κ2) is 31.0. The van der Waals surface area contributed by atoms with Gasteiger partial charge >= 0.3 is 0 Å². The van der Waals surface area contributed by atoms with E-state index in [4.69, 9.17) is 0 Å². The first kappa shape index (κ1) is 62.1. The van der Waals surface area contributed by atoms with Gasteiger partial charge in [-0.2, -0.15) is 0 Å². The summed E-state index contributed by atoms with van der Waals surface area (Å²) in [5, 5.41) is 0. The molecule has 0 bridgehead atoms.